The molecule has 2 aliphatic rings. The third kappa shape index (κ3) is 3.68. The number of halogens is 1. The Labute approximate surface area is 122 Å². The molecule has 19 heavy (non-hydrogen) atoms. The second-order valence-electron chi connectivity index (χ2n) is 5.23. The minimum atomic E-state index is 0.264. The number of piperidine rings is 1. The highest BCUT2D eigenvalue weighted by molar-refractivity contribution is 9.10. The number of rotatable bonds is 4. The maximum absolute atomic E-state index is 6.07. The quantitative estimate of drug-likeness (QED) is 0.923. The first kappa shape index (κ1) is 13.3. The van der Waals surface area contributed by atoms with E-state index in [1.165, 1.54) is 0 Å². The van der Waals surface area contributed by atoms with Crippen LogP contribution in [0.3, 0.4) is 0 Å². The Morgan fingerprint density at radius 2 is 1.89 bits per heavy atom. The van der Waals surface area contributed by atoms with Crippen LogP contribution in [0.4, 0.5) is 0 Å². The molecule has 2 fully saturated rings. The summed E-state index contributed by atoms with van der Waals surface area (Å²) in [5.41, 5.74) is 0. The van der Waals surface area contributed by atoms with Crippen molar-refractivity contribution in [2.24, 2.45) is 0 Å². The third-order valence-electron chi connectivity index (χ3n) is 3.71. The summed E-state index contributed by atoms with van der Waals surface area (Å²) < 4.78 is 12.8. The largest absolute Gasteiger partial charge is 0.474 e. The van der Waals surface area contributed by atoms with E-state index in [4.69, 9.17) is 9.47 Å². The Morgan fingerprint density at radius 3 is 2.58 bits per heavy atom. The van der Waals surface area contributed by atoms with Gasteiger partial charge in [-0.25, -0.2) is 4.98 Å². The Kier molecular flexibility index (Phi) is 4.35. The molecule has 1 saturated carbocycles. The first-order valence-electron chi connectivity index (χ1n) is 6.94. The van der Waals surface area contributed by atoms with E-state index in [0.29, 0.717) is 18.1 Å². The number of aromatic nitrogens is 1. The zero-order valence-electron chi connectivity index (χ0n) is 10.8. The van der Waals surface area contributed by atoms with Gasteiger partial charge in [0.25, 0.3) is 0 Å². The summed E-state index contributed by atoms with van der Waals surface area (Å²) in [5, 5.41) is 3.35. The van der Waals surface area contributed by atoms with Crippen LogP contribution in [0, 0.1) is 0 Å². The van der Waals surface area contributed by atoms with Crippen LogP contribution in [-0.4, -0.2) is 36.4 Å². The normalized spacial score (nSPS) is 27.8. The third-order valence-corrected chi connectivity index (χ3v) is 4.18. The lowest BCUT2D eigenvalue weighted by Crippen LogP contribution is -2.43. The molecule has 3 rings (SSSR count). The summed E-state index contributed by atoms with van der Waals surface area (Å²) in [6.07, 6.45) is 7.09. The van der Waals surface area contributed by atoms with Gasteiger partial charge in [0.2, 0.25) is 5.88 Å². The van der Waals surface area contributed by atoms with Gasteiger partial charge in [-0.1, -0.05) is 0 Å². The van der Waals surface area contributed by atoms with Crippen LogP contribution in [0.1, 0.15) is 25.7 Å². The van der Waals surface area contributed by atoms with Crippen molar-refractivity contribution in [3.05, 3.63) is 22.8 Å². The van der Waals surface area contributed by atoms with Gasteiger partial charge < -0.3 is 14.8 Å². The van der Waals surface area contributed by atoms with Crippen molar-refractivity contribution in [1.29, 1.82) is 0 Å². The molecule has 1 saturated heterocycles. The fourth-order valence-corrected chi connectivity index (χ4v) is 2.77. The minimum absolute atomic E-state index is 0.264. The molecule has 1 aliphatic heterocycles. The van der Waals surface area contributed by atoms with Crippen LogP contribution in [-0.2, 0) is 4.74 Å². The molecule has 1 N–H and O–H groups in total. The molecule has 1 aromatic rings. The predicted octanol–water partition coefficient (Wildman–Crippen LogP) is 2.52. The van der Waals surface area contributed by atoms with Gasteiger partial charge in [0.05, 0.1) is 12.2 Å². The summed E-state index contributed by atoms with van der Waals surface area (Å²) >= 11 is 3.36. The highest BCUT2D eigenvalue weighted by atomic mass is 79.9. The molecule has 4 nitrogen and oxygen atoms in total. The fraction of sp³-hybridized carbons (Fsp3) is 0.643. The van der Waals surface area contributed by atoms with Crippen molar-refractivity contribution >= 4 is 15.9 Å². The summed E-state index contributed by atoms with van der Waals surface area (Å²) in [7, 11) is 0. The van der Waals surface area contributed by atoms with Crippen LogP contribution in [0.5, 0.6) is 5.88 Å². The van der Waals surface area contributed by atoms with Gasteiger partial charge in [0.1, 0.15) is 6.10 Å². The van der Waals surface area contributed by atoms with Gasteiger partial charge in [0.15, 0.2) is 0 Å². The summed E-state index contributed by atoms with van der Waals surface area (Å²) in [4.78, 5) is 4.22. The average molecular weight is 327 g/mol. The van der Waals surface area contributed by atoms with E-state index in [1.807, 2.05) is 12.1 Å². The highest BCUT2D eigenvalue weighted by Gasteiger charge is 2.34. The molecular formula is C14H19BrN2O2. The molecule has 0 amide bonds. The molecule has 0 bridgehead atoms. The van der Waals surface area contributed by atoms with Crippen molar-refractivity contribution in [2.45, 2.75) is 44.0 Å². The van der Waals surface area contributed by atoms with Gasteiger partial charge >= 0.3 is 0 Å². The van der Waals surface area contributed by atoms with Gasteiger partial charge in [-0.3, -0.25) is 0 Å². The van der Waals surface area contributed by atoms with Crippen LogP contribution >= 0.6 is 15.9 Å². The van der Waals surface area contributed by atoms with Crippen molar-refractivity contribution in [3.8, 4) is 5.88 Å². The molecular weight excluding hydrogens is 308 g/mol. The maximum atomic E-state index is 6.07. The zero-order valence-corrected chi connectivity index (χ0v) is 12.4. The lowest BCUT2D eigenvalue weighted by molar-refractivity contribution is -0.104. The Balaban J connectivity index is 1.39. The first-order chi connectivity index (χ1) is 9.29. The Bertz CT molecular complexity index is 400. The molecule has 1 aliphatic carbocycles. The molecule has 5 heteroatoms. The minimum Gasteiger partial charge on any atom is -0.474 e. The summed E-state index contributed by atoms with van der Waals surface area (Å²) in [6, 6.07) is 3.84. The number of pyridine rings is 1. The number of nitrogens with zero attached hydrogens (tertiary/aromatic N) is 1. The number of hydrogen-bond acceptors (Lipinski definition) is 4. The zero-order chi connectivity index (χ0) is 13.1. The van der Waals surface area contributed by atoms with E-state index < -0.39 is 0 Å². The molecule has 0 atom stereocenters. The molecule has 0 radical (unpaired) electrons. The van der Waals surface area contributed by atoms with Gasteiger partial charge in [-0.05, 0) is 47.9 Å². The Morgan fingerprint density at radius 1 is 1.11 bits per heavy atom. The van der Waals surface area contributed by atoms with Crippen molar-refractivity contribution < 1.29 is 9.47 Å². The van der Waals surface area contributed by atoms with Crippen LogP contribution in [0.15, 0.2) is 22.8 Å². The number of hydrogen-bond donors (Lipinski definition) is 1. The molecule has 0 spiro atoms. The molecule has 104 valence electrons. The fourth-order valence-electron chi connectivity index (χ4n) is 2.53. The Hall–Kier alpha value is -0.650. The first-order valence-corrected chi connectivity index (χ1v) is 7.73. The molecule has 1 aromatic heterocycles. The second-order valence-corrected chi connectivity index (χ2v) is 6.15. The monoisotopic (exact) mass is 326 g/mol. The van der Waals surface area contributed by atoms with Gasteiger partial charge in [-0.15, -0.1) is 0 Å². The van der Waals surface area contributed by atoms with E-state index in [0.717, 1.165) is 43.2 Å². The molecule has 2 heterocycles. The van der Waals surface area contributed by atoms with Crippen LogP contribution < -0.4 is 10.1 Å². The number of nitrogens with one attached hydrogen (secondary N) is 1. The van der Waals surface area contributed by atoms with Crippen molar-refractivity contribution in [2.75, 3.05) is 13.1 Å². The van der Waals surface area contributed by atoms with Gasteiger partial charge in [-0.2, -0.15) is 0 Å². The molecule has 0 unspecified atom stereocenters. The van der Waals surface area contributed by atoms with E-state index in [1.54, 1.807) is 6.20 Å². The smallest absolute Gasteiger partial charge is 0.213 e. The van der Waals surface area contributed by atoms with Gasteiger partial charge in [0, 0.05) is 29.6 Å². The second kappa shape index (κ2) is 6.20. The van der Waals surface area contributed by atoms with E-state index in [-0.39, 0.29) is 6.10 Å². The van der Waals surface area contributed by atoms with E-state index >= 15 is 0 Å². The summed E-state index contributed by atoms with van der Waals surface area (Å²) in [6.45, 7) is 2.17. The SMILES string of the molecule is Brc1ccc(OC2CC(OC3CCNCC3)C2)nc1. The standard InChI is InChI=1S/C14H19BrN2O2/c15-10-1-2-14(17-9-10)19-13-7-12(8-13)18-11-3-5-16-6-4-11/h1-2,9,11-13,16H,3-8H2. The highest BCUT2D eigenvalue weighted by Crippen LogP contribution is 2.29. The van der Waals surface area contributed by atoms with Crippen molar-refractivity contribution in [3.63, 3.8) is 0 Å². The van der Waals surface area contributed by atoms with E-state index in [9.17, 15) is 0 Å². The lowest BCUT2D eigenvalue weighted by Gasteiger charge is -2.38. The van der Waals surface area contributed by atoms with Crippen LogP contribution in [0.25, 0.3) is 0 Å². The topological polar surface area (TPSA) is 43.4 Å². The average Bonchev–Trinajstić information content (AvgIpc) is 2.40. The lowest BCUT2D eigenvalue weighted by atomic mass is 9.91. The number of ether oxygens (including phenoxy) is 2. The molecule has 0 aromatic carbocycles. The predicted molar refractivity (Wildman–Crippen MR) is 76.4 cm³/mol. The van der Waals surface area contributed by atoms with Crippen LogP contribution in [0.2, 0.25) is 0 Å². The van der Waals surface area contributed by atoms with E-state index in [2.05, 4.69) is 26.2 Å². The summed E-state index contributed by atoms with van der Waals surface area (Å²) in [5.74, 6) is 0.702. The maximum Gasteiger partial charge on any atom is 0.213 e. The van der Waals surface area contributed by atoms with Crippen molar-refractivity contribution in [1.82, 2.24) is 10.3 Å².